The SMILES string of the molecule is CC(C)Oc1ccc(C2c3c(oc4ccc(Br)cc4c3=O)C(=O)N2CCO)cc1. The fourth-order valence-electron chi connectivity index (χ4n) is 3.68. The summed E-state index contributed by atoms with van der Waals surface area (Å²) in [7, 11) is 0. The maximum atomic E-state index is 13.3. The van der Waals surface area contributed by atoms with E-state index in [1.165, 1.54) is 4.90 Å². The predicted octanol–water partition coefficient (Wildman–Crippen LogP) is 3.88. The van der Waals surface area contributed by atoms with Crippen molar-refractivity contribution in [2.75, 3.05) is 13.2 Å². The number of hydrogen-bond donors (Lipinski definition) is 1. The van der Waals surface area contributed by atoms with E-state index >= 15 is 0 Å². The molecule has 1 N–H and O–H groups in total. The lowest BCUT2D eigenvalue weighted by Gasteiger charge is -2.24. The van der Waals surface area contributed by atoms with Crippen LogP contribution in [0.1, 0.15) is 41.6 Å². The molecule has 4 rings (SSSR count). The Hall–Kier alpha value is -2.64. The van der Waals surface area contributed by atoms with Gasteiger partial charge in [0.1, 0.15) is 11.3 Å². The zero-order chi connectivity index (χ0) is 20.7. The van der Waals surface area contributed by atoms with Crippen LogP contribution < -0.4 is 10.2 Å². The van der Waals surface area contributed by atoms with E-state index in [9.17, 15) is 14.7 Å². The highest BCUT2D eigenvalue weighted by molar-refractivity contribution is 9.10. The number of nitrogens with zero attached hydrogens (tertiary/aromatic N) is 1. The number of β-amino-alcohol motifs (C(OH)–C–C–N with tert-alkyl or cyclic N) is 1. The molecule has 150 valence electrons. The van der Waals surface area contributed by atoms with Crippen molar-refractivity contribution in [1.82, 2.24) is 4.90 Å². The van der Waals surface area contributed by atoms with Crippen LogP contribution in [0.5, 0.6) is 5.75 Å². The number of benzene rings is 2. The van der Waals surface area contributed by atoms with Gasteiger partial charge in [0.25, 0.3) is 5.91 Å². The van der Waals surface area contributed by atoms with Gasteiger partial charge >= 0.3 is 0 Å². The maximum absolute atomic E-state index is 13.3. The molecule has 0 saturated heterocycles. The summed E-state index contributed by atoms with van der Waals surface area (Å²) in [5, 5.41) is 9.90. The van der Waals surface area contributed by atoms with Gasteiger partial charge in [-0.05, 0) is 49.7 Å². The van der Waals surface area contributed by atoms with Gasteiger partial charge in [-0.3, -0.25) is 9.59 Å². The summed E-state index contributed by atoms with van der Waals surface area (Å²) in [5.74, 6) is 0.339. The van der Waals surface area contributed by atoms with Crippen LogP contribution in [0.25, 0.3) is 11.0 Å². The lowest BCUT2D eigenvalue weighted by molar-refractivity contribution is 0.0691. The van der Waals surface area contributed by atoms with Crippen molar-refractivity contribution in [3.05, 3.63) is 74.0 Å². The Balaban J connectivity index is 1.89. The number of carbonyl (C=O) groups excluding carboxylic acids is 1. The first-order valence-corrected chi connectivity index (χ1v) is 10.1. The van der Waals surface area contributed by atoms with Crippen LogP contribution in [0.2, 0.25) is 0 Å². The molecule has 1 atom stereocenters. The van der Waals surface area contributed by atoms with E-state index in [0.717, 1.165) is 10.0 Å². The Morgan fingerprint density at radius 2 is 1.90 bits per heavy atom. The third kappa shape index (κ3) is 3.45. The van der Waals surface area contributed by atoms with Gasteiger partial charge in [-0.25, -0.2) is 0 Å². The largest absolute Gasteiger partial charge is 0.491 e. The predicted molar refractivity (Wildman–Crippen MR) is 112 cm³/mol. The third-order valence-corrected chi connectivity index (χ3v) is 5.33. The molecule has 2 heterocycles. The number of aliphatic hydroxyl groups is 1. The molecular formula is C22H20BrNO5. The second-order valence-corrected chi connectivity index (χ2v) is 8.09. The van der Waals surface area contributed by atoms with Crippen LogP contribution >= 0.6 is 15.9 Å². The maximum Gasteiger partial charge on any atom is 0.290 e. The molecule has 3 aromatic rings. The number of rotatable bonds is 5. The molecule has 0 aliphatic carbocycles. The van der Waals surface area contributed by atoms with Crippen molar-refractivity contribution >= 4 is 32.8 Å². The fraction of sp³-hybridized carbons (Fsp3) is 0.273. The summed E-state index contributed by atoms with van der Waals surface area (Å²) in [4.78, 5) is 27.8. The van der Waals surface area contributed by atoms with E-state index in [4.69, 9.17) is 9.15 Å². The molecule has 29 heavy (non-hydrogen) atoms. The quantitative estimate of drug-likeness (QED) is 0.628. The second kappa shape index (κ2) is 7.65. The lowest BCUT2D eigenvalue weighted by atomic mass is 9.98. The van der Waals surface area contributed by atoms with Crippen LogP contribution in [-0.4, -0.2) is 35.2 Å². The van der Waals surface area contributed by atoms with E-state index < -0.39 is 11.9 Å². The Kier molecular flexibility index (Phi) is 5.19. The molecule has 7 heteroatoms. The van der Waals surface area contributed by atoms with Gasteiger partial charge in [-0.2, -0.15) is 0 Å². The number of fused-ring (bicyclic) bond motifs is 2. The van der Waals surface area contributed by atoms with Crippen molar-refractivity contribution in [3.63, 3.8) is 0 Å². The molecule has 0 radical (unpaired) electrons. The molecular weight excluding hydrogens is 438 g/mol. The fourth-order valence-corrected chi connectivity index (χ4v) is 4.04. The summed E-state index contributed by atoms with van der Waals surface area (Å²) in [6.45, 7) is 3.76. The Morgan fingerprint density at radius 1 is 1.17 bits per heavy atom. The van der Waals surface area contributed by atoms with Crippen LogP contribution in [0.4, 0.5) is 0 Å². The van der Waals surface area contributed by atoms with Gasteiger partial charge in [0.05, 0.1) is 29.7 Å². The smallest absolute Gasteiger partial charge is 0.290 e. The molecule has 1 aromatic heterocycles. The van der Waals surface area contributed by atoms with E-state index in [1.54, 1.807) is 18.2 Å². The number of hydrogen-bond acceptors (Lipinski definition) is 5. The van der Waals surface area contributed by atoms with Gasteiger partial charge in [-0.1, -0.05) is 28.1 Å². The highest BCUT2D eigenvalue weighted by atomic mass is 79.9. The van der Waals surface area contributed by atoms with Gasteiger partial charge in [0.2, 0.25) is 5.76 Å². The molecule has 2 aromatic carbocycles. The molecule has 1 aliphatic heterocycles. The molecule has 1 unspecified atom stereocenters. The minimum Gasteiger partial charge on any atom is -0.491 e. The van der Waals surface area contributed by atoms with E-state index in [2.05, 4.69) is 15.9 Å². The molecule has 6 nitrogen and oxygen atoms in total. The summed E-state index contributed by atoms with van der Waals surface area (Å²) in [6, 6.07) is 11.8. The van der Waals surface area contributed by atoms with E-state index in [0.29, 0.717) is 22.3 Å². The van der Waals surface area contributed by atoms with Crippen molar-refractivity contribution in [2.24, 2.45) is 0 Å². The summed E-state index contributed by atoms with van der Waals surface area (Å²) in [5.41, 5.74) is 1.16. The number of ether oxygens (including phenoxy) is 1. The Bertz CT molecular complexity index is 1140. The molecule has 0 saturated carbocycles. The topological polar surface area (TPSA) is 80.0 Å². The lowest BCUT2D eigenvalue weighted by Crippen LogP contribution is -2.32. The Morgan fingerprint density at radius 3 is 2.55 bits per heavy atom. The molecule has 0 spiro atoms. The van der Waals surface area contributed by atoms with Crippen molar-refractivity contribution in [2.45, 2.75) is 26.0 Å². The van der Waals surface area contributed by atoms with Crippen LogP contribution in [0.3, 0.4) is 0 Å². The van der Waals surface area contributed by atoms with Crippen molar-refractivity contribution in [1.29, 1.82) is 0 Å². The van der Waals surface area contributed by atoms with E-state index in [1.807, 2.05) is 38.1 Å². The van der Waals surface area contributed by atoms with Gasteiger partial charge in [-0.15, -0.1) is 0 Å². The van der Waals surface area contributed by atoms with Gasteiger partial charge in [0.15, 0.2) is 5.43 Å². The minimum atomic E-state index is -0.627. The van der Waals surface area contributed by atoms with Gasteiger partial charge < -0.3 is 19.2 Å². The molecule has 0 fully saturated rings. The molecule has 1 aliphatic rings. The minimum absolute atomic E-state index is 0.0331. The zero-order valence-corrected chi connectivity index (χ0v) is 17.6. The first-order chi connectivity index (χ1) is 13.9. The Labute approximate surface area is 175 Å². The highest BCUT2D eigenvalue weighted by Gasteiger charge is 2.42. The highest BCUT2D eigenvalue weighted by Crippen LogP contribution is 2.38. The number of aliphatic hydroxyl groups excluding tert-OH is 1. The van der Waals surface area contributed by atoms with Crippen molar-refractivity contribution < 1.29 is 19.1 Å². The van der Waals surface area contributed by atoms with Crippen molar-refractivity contribution in [3.8, 4) is 5.75 Å². The first-order valence-electron chi connectivity index (χ1n) is 9.35. The average Bonchev–Trinajstić information content (AvgIpc) is 2.96. The number of amides is 1. The average molecular weight is 458 g/mol. The molecule has 1 amide bonds. The first kappa shape index (κ1) is 19.7. The third-order valence-electron chi connectivity index (χ3n) is 4.84. The standard InChI is InChI=1S/C22H20BrNO5/c1-12(2)28-15-6-3-13(4-7-15)19-18-20(26)16-11-14(23)5-8-17(16)29-21(18)22(27)24(19)9-10-25/h3-8,11-12,19,25H,9-10H2,1-2H3. The summed E-state index contributed by atoms with van der Waals surface area (Å²) >= 11 is 3.38. The van der Waals surface area contributed by atoms with E-state index in [-0.39, 0.29) is 30.4 Å². The monoisotopic (exact) mass is 457 g/mol. The molecule has 0 bridgehead atoms. The normalized spacial score (nSPS) is 16.0. The summed E-state index contributed by atoms with van der Waals surface area (Å²) in [6.07, 6.45) is 0.0392. The zero-order valence-electron chi connectivity index (χ0n) is 16.0. The van der Waals surface area contributed by atoms with Gasteiger partial charge in [0, 0.05) is 11.0 Å². The summed E-state index contributed by atoms with van der Waals surface area (Å²) < 4.78 is 12.3. The van der Waals surface area contributed by atoms with Crippen LogP contribution in [-0.2, 0) is 0 Å². The number of carbonyl (C=O) groups is 1. The second-order valence-electron chi connectivity index (χ2n) is 7.17. The van der Waals surface area contributed by atoms with Crippen LogP contribution in [0.15, 0.2) is 56.1 Å². The number of halogens is 1. The van der Waals surface area contributed by atoms with Crippen LogP contribution in [0, 0.1) is 0 Å².